The van der Waals surface area contributed by atoms with Crippen molar-refractivity contribution >= 4 is 5.97 Å². The van der Waals surface area contributed by atoms with Crippen LogP contribution < -0.4 is 0 Å². The fraction of sp³-hybridized carbons (Fsp3) is 0.851. The molecule has 1 N–H and O–H groups in total. The van der Waals surface area contributed by atoms with Gasteiger partial charge < -0.3 is 4.74 Å². The first-order valence-corrected chi connectivity index (χ1v) is 22.7. The molecule has 0 bridgehead atoms. The topological polar surface area (TPSA) is 92.7 Å². The Bertz CT molecular complexity index is 1310. The van der Waals surface area contributed by atoms with E-state index in [4.69, 9.17) is 29.2 Å². The number of unbranched alkanes of at least 4 members (excludes halogenated alkanes) is 3. The second-order valence-corrected chi connectivity index (χ2v) is 19.5. The van der Waals surface area contributed by atoms with E-state index in [0.29, 0.717) is 31.1 Å². The summed E-state index contributed by atoms with van der Waals surface area (Å²) in [4.78, 5) is 40.2. The normalized spacial score (nSPS) is 38.6. The molecular weight excluding hydrogens is 693 g/mol. The molecule has 2 heterocycles. The lowest BCUT2D eigenvalue weighted by Crippen LogP contribution is -2.51. The smallest absolute Gasteiger partial charge is 0.306 e. The van der Waals surface area contributed by atoms with E-state index in [-0.39, 0.29) is 42.2 Å². The maximum atomic E-state index is 13.1. The van der Waals surface area contributed by atoms with Crippen molar-refractivity contribution in [3.05, 3.63) is 36.0 Å². The van der Waals surface area contributed by atoms with Gasteiger partial charge in [-0.3, -0.25) is 10.1 Å². The zero-order valence-electron chi connectivity index (χ0n) is 35.3. The average molecular weight is 769 g/mol. The van der Waals surface area contributed by atoms with Crippen molar-refractivity contribution in [1.29, 1.82) is 0 Å². The second-order valence-electron chi connectivity index (χ2n) is 19.5. The van der Waals surface area contributed by atoms with E-state index in [9.17, 15) is 10.1 Å². The first kappa shape index (κ1) is 43.0. The Kier molecular flexibility index (Phi) is 15.6. The lowest BCUT2D eigenvalue weighted by Gasteiger charge is -2.58. The van der Waals surface area contributed by atoms with Crippen molar-refractivity contribution in [3.8, 4) is 0 Å². The van der Waals surface area contributed by atoms with Gasteiger partial charge in [0.1, 0.15) is 36.6 Å². The molecule has 0 spiro atoms. The third kappa shape index (κ3) is 10.4. The van der Waals surface area contributed by atoms with Crippen LogP contribution in [0.25, 0.3) is 0 Å². The zero-order valence-corrected chi connectivity index (χ0v) is 35.3. The molecule has 6 rings (SSSR count). The summed E-state index contributed by atoms with van der Waals surface area (Å²) in [5.74, 6) is 4.77. The highest BCUT2D eigenvalue weighted by Crippen LogP contribution is 2.67. The van der Waals surface area contributed by atoms with Gasteiger partial charge in [0.15, 0.2) is 0 Å². The van der Waals surface area contributed by atoms with Crippen LogP contribution in [0.5, 0.6) is 0 Å². The van der Waals surface area contributed by atoms with Crippen LogP contribution in [-0.2, 0) is 34.0 Å². The minimum Gasteiger partial charge on any atom is -0.462 e. The Morgan fingerprint density at radius 2 is 1.73 bits per heavy atom. The van der Waals surface area contributed by atoms with Gasteiger partial charge in [-0.25, -0.2) is 24.4 Å². The maximum absolute atomic E-state index is 13.1. The van der Waals surface area contributed by atoms with Crippen LogP contribution >= 0.6 is 0 Å². The fourth-order valence-electron chi connectivity index (χ4n) is 12.3. The van der Waals surface area contributed by atoms with Crippen LogP contribution in [-0.4, -0.2) is 47.9 Å². The van der Waals surface area contributed by atoms with Gasteiger partial charge >= 0.3 is 5.97 Å². The summed E-state index contributed by atoms with van der Waals surface area (Å²) in [6.45, 7) is 14.7. The summed E-state index contributed by atoms with van der Waals surface area (Å²) in [5, 5.41) is 9.73. The molecular formula is C47H76O8. The number of carbonyl (C=O) groups is 1. The highest BCUT2D eigenvalue weighted by atomic mass is 17.2. The van der Waals surface area contributed by atoms with Crippen LogP contribution in [0.4, 0.5) is 0 Å². The van der Waals surface area contributed by atoms with Gasteiger partial charge in [0.25, 0.3) is 0 Å². The fourth-order valence-corrected chi connectivity index (χ4v) is 12.3. The van der Waals surface area contributed by atoms with Crippen molar-refractivity contribution in [3.63, 3.8) is 0 Å². The van der Waals surface area contributed by atoms with Crippen LogP contribution in [0, 0.1) is 46.3 Å². The van der Waals surface area contributed by atoms with Gasteiger partial charge in [-0.2, -0.15) is 0 Å². The summed E-state index contributed by atoms with van der Waals surface area (Å²) in [5.41, 5.74) is 2.28. The second kappa shape index (κ2) is 19.9. The lowest BCUT2D eigenvalue weighted by molar-refractivity contribution is -0.367. The van der Waals surface area contributed by atoms with E-state index in [1.165, 1.54) is 70.6 Å². The number of hydrogen-bond donors (Lipinski definition) is 1. The minimum absolute atomic E-state index is 0.0499. The van der Waals surface area contributed by atoms with E-state index < -0.39 is 12.2 Å². The maximum Gasteiger partial charge on any atom is 0.306 e. The molecule has 0 aromatic rings. The molecule has 0 amide bonds. The molecule has 0 aromatic heterocycles. The predicted molar refractivity (Wildman–Crippen MR) is 215 cm³/mol. The van der Waals surface area contributed by atoms with Crippen LogP contribution in [0.2, 0.25) is 0 Å². The van der Waals surface area contributed by atoms with Crippen LogP contribution in [0.15, 0.2) is 36.0 Å². The average Bonchev–Trinajstić information content (AvgIpc) is 3.92. The molecule has 3 saturated carbocycles. The highest BCUT2D eigenvalue weighted by Gasteiger charge is 2.59. The van der Waals surface area contributed by atoms with Gasteiger partial charge in [0, 0.05) is 25.7 Å². The van der Waals surface area contributed by atoms with E-state index >= 15 is 0 Å². The Balaban J connectivity index is 0.910. The number of allylic oxidation sites excluding steroid dienone is 4. The molecule has 8 nitrogen and oxygen atoms in total. The lowest BCUT2D eigenvalue weighted by atomic mass is 9.47. The van der Waals surface area contributed by atoms with Gasteiger partial charge in [-0.05, 0) is 117 Å². The summed E-state index contributed by atoms with van der Waals surface area (Å²) in [6.07, 6.45) is 30.1. The van der Waals surface area contributed by atoms with Crippen LogP contribution in [0.3, 0.4) is 0 Å². The quantitative estimate of drug-likeness (QED) is 0.0347. The molecule has 6 aliphatic rings. The largest absolute Gasteiger partial charge is 0.462 e. The van der Waals surface area contributed by atoms with Crippen molar-refractivity contribution < 1.29 is 39.2 Å². The SMILES string of the molecule is CCCCC/C=C/C=C/C1CC(C2CC(C(CCCC(=O)O[C@H]3CC[C@@]4(C)C(=CC[C@H]5[C@@H]6CC[C@H]([C@H](C)CCCC(C)C)[C@@]6(C)CC[C@@H]54)C3)OO)OO2)OO1. The molecule has 5 fully saturated rings. The summed E-state index contributed by atoms with van der Waals surface area (Å²) >= 11 is 0. The monoisotopic (exact) mass is 769 g/mol. The summed E-state index contributed by atoms with van der Waals surface area (Å²) in [7, 11) is 0. The number of hydrogen-bond acceptors (Lipinski definition) is 8. The molecule has 55 heavy (non-hydrogen) atoms. The summed E-state index contributed by atoms with van der Waals surface area (Å²) in [6, 6.07) is 0. The molecule has 2 aliphatic heterocycles. The van der Waals surface area contributed by atoms with Crippen molar-refractivity contribution in [1.82, 2.24) is 0 Å². The Labute approximate surface area is 333 Å². The molecule has 8 heteroatoms. The molecule has 2 saturated heterocycles. The Morgan fingerprint density at radius 3 is 2.53 bits per heavy atom. The molecule has 0 aromatic carbocycles. The molecule has 5 unspecified atom stereocenters. The number of ether oxygens (including phenoxy) is 1. The van der Waals surface area contributed by atoms with Gasteiger partial charge in [0.05, 0.1) is 0 Å². The first-order valence-electron chi connectivity index (χ1n) is 22.7. The molecule has 4 aliphatic carbocycles. The van der Waals surface area contributed by atoms with Gasteiger partial charge in [-0.15, -0.1) is 0 Å². The van der Waals surface area contributed by atoms with Gasteiger partial charge in [-0.1, -0.05) is 110 Å². The summed E-state index contributed by atoms with van der Waals surface area (Å²) < 4.78 is 6.11. The Hall–Kier alpha value is -1.55. The number of esters is 1. The van der Waals surface area contributed by atoms with Crippen LogP contribution in [0.1, 0.15) is 170 Å². The van der Waals surface area contributed by atoms with E-state index in [1.807, 2.05) is 12.2 Å². The van der Waals surface area contributed by atoms with E-state index in [2.05, 4.69) is 59.8 Å². The number of fused-ring (bicyclic) bond motifs is 5. The molecule has 0 radical (unpaired) electrons. The standard InChI is InChI=1S/C47H76O8/c1-7-8-9-10-11-12-13-18-36-30-42(53-52-36)44-31-43(54-55-44)41(51-49)19-15-20-45(48)50-35-25-27-46(5)34(29-35)21-22-37-39-24-23-38(33(4)17-14-16-32(2)3)47(39,6)28-26-40(37)46/h11-13,18,21,32-33,35-44,49H,7-10,14-17,19-20,22-31H2,1-6H3/b12-11+,18-13+/t33-,35+,36?,37+,38-,39+,40+,41?,42?,43?,44?,46+,47-/m1/s1. The number of rotatable bonds is 19. The zero-order chi connectivity index (χ0) is 39.0. The van der Waals surface area contributed by atoms with E-state index in [1.54, 1.807) is 5.57 Å². The molecule has 13 atom stereocenters. The van der Waals surface area contributed by atoms with Crippen molar-refractivity contribution in [2.75, 3.05) is 0 Å². The van der Waals surface area contributed by atoms with E-state index in [0.717, 1.165) is 61.2 Å². The molecule has 312 valence electrons. The Morgan fingerprint density at radius 1 is 0.909 bits per heavy atom. The van der Waals surface area contributed by atoms with Gasteiger partial charge in [0.2, 0.25) is 0 Å². The van der Waals surface area contributed by atoms with Crippen molar-refractivity contribution in [2.24, 2.45) is 46.3 Å². The highest BCUT2D eigenvalue weighted by molar-refractivity contribution is 5.69. The first-order chi connectivity index (χ1) is 26.6. The van der Waals surface area contributed by atoms with Crippen molar-refractivity contribution in [2.45, 2.75) is 207 Å². The number of carbonyl (C=O) groups excluding carboxylic acids is 1. The third-order valence-electron chi connectivity index (χ3n) is 15.5. The minimum atomic E-state index is -0.607. The predicted octanol–water partition coefficient (Wildman–Crippen LogP) is 11.8. The third-order valence-corrected chi connectivity index (χ3v) is 15.5.